The van der Waals surface area contributed by atoms with Crippen LogP contribution in [0.25, 0.3) is 0 Å². The van der Waals surface area contributed by atoms with Crippen molar-refractivity contribution in [2.24, 2.45) is 0 Å². The predicted octanol–water partition coefficient (Wildman–Crippen LogP) is 4.08. The van der Waals surface area contributed by atoms with Gasteiger partial charge in [-0.05, 0) is 36.6 Å². The van der Waals surface area contributed by atoms with Crippen LogP contribution in [0.5, 0.6) is 5.75 Å². The minimum atomic E-state index is -0.351. The van der Waals surface area contributed by atoms with E-state index in [0.717, 1.165) is 31.2 Å². The molecule has 0 saturated heterocycles. The minimum absolute atomic E-state index is 0.0148. The van der Waals surface area contributed by atoms with Crippen LogP contribution >= 0.6 is 0 Å². The summed E-state index contributed by atoms with van der Waals surface area (Å²) in [5, 5.41) is 10.3. The van der Waals surface area contributed by atoms with Gasteiger partial charge >= 0.3 is 0 Å². The molecule has 1 aliphatic rings. The number of hydrogen-bond acceptors (Lipinski definition) is 2. The van der Waals surface area contributed by atoms with Gasteiger partial charge in [0.15, 0.2) is 5.78 Å². The molecule has 0 saturated carbocycles. The number of rotatable bonds is 5. The standard InChI is InChI=1S/C18H22O2/c1-3-5-14-6-7-17(20)16(13-14)18(10-4-2)11-8-15(19)9-12-18/h6-9,11-13,20H,3-5,10H2,1-2H3. The maximum atomic E-state index is 11.4. The van der Waals surface area contributed by atoms with Crippen LogP contribution in [0.1, 0.15) is 44.2 Å². The number of phenolic OH excluding ortho intramolecular Hbond substituents is 1. The molecule has 0 heterocycles. The van der Waals surface area contributed by atoms with E-state index in [4.69, 9.17) is 0 Å². The fraction of sp³-hybridized carbons (Fsp3) is 0.389. The molecule has 0 unspecified atom stereocenters. The average Bonchev–Trinajstić information content (AvgIpc) is 2.44. The molecule has 1 aromatic carbocycles. The van der Waals surface area contributed by atoms with E-state index < -0.39 is 0 Å². The maximum Gasteiger partial charge on any atom is 0.178 e. The molecule has 0 bridgehead atoms. The molecule has 0 amide bonds. The summed E-state index contributed by atoms with van der Waals surface area (Å²) in [5.41, 5.74) is 1.79. The van der Waals surface area contributed by atoms with Gasteiger partial charge in [-0.2, -0.15) is 0 Å². The van der Waals surface area contributed by atoms with Gasteiger partial charge in [-0.1, -0.05) is 51.0 Å². The number of carbonyl (C=O) groups is 1. The highest BCUT2D eigenvalue weighted by molar-refractivity contribution is 6.00. The second kappa shape index (κ2) is 6.08. The van der Waals surface area contributed by atoms with Crippen LogP contribution in [-0.4, -0.2) is 10.9 Å². The van der Waals surface area contributed by atoms with E-state index in [9.17, 15) is 9.90 Å². The van der Waals surface area contributed by atoms with Crippen LogP contribution in [-0.2, 0) is 16.6 Å². The predicted molar refractivity (Wildman–Crippen MR) is 82.0 cm³/mol. The summed E-state index contributed by atoms with van der Waals surface area (Å²) in [6, 6.07) is 5.83. The SMILES string of the molecule is CCCc1ccc(O)c(C2(CCC)C=CC(=O)C=C2)c1. The highest BCUT2D eigenvalue weighted by Crippen LogP contribution is 2.40. The first-order chi connectivity index (χ1) is 9.61. The van der Waals surface area contributed by atoms with Crippen LogP contribution < -0.4 is 0 Å². The third-order valence-electron chi connectivity index (χ3n) is 3.85. The van der Waals surface area contributed by atoms with E-state index in [-0.39, 0.29) is 11.2 Å². The molecule has 1 aliphatic carbocycles. The number of ketones is 1. The lowest BCUT2D eigenvalue weighted by Gasteiger charge is -2.30. The van der Waals surface area contributed by atoms with Gasteiger partial charge in [0.05, 0.1) is 0 Å². The van der Waals surface area contributed by atoms with E-state index in [2.05, 4.69) is 19.9 Å². The minimum Gasteiger partial charge on any atom is -0.508 e. The first-order valence-electron chi connectivity index (χ1n) is 7.36. The van der Waals surface area contributed by atoms with Crippen molar-refractivity contribution in [3.05, 3.63) is 53.6 Å². The molecular formula is C18H22O2. The second-order valence-corrected chi connectivity index (χ2v) is 5.46. The van der Waals surface area contributed by atoms with Crippen molar-refractivity contribution in [3.63, 3.8) is 0 Å². The largest absolute Gasteiger partial charge is 0.508 e. The van der Waals surface area contributed by atoms with Gasteiger partial charge in [-0.15, -0.1) is 0 Å². The van der Waals surface area contributed by atoms with Crippen LogP contribution in [0.4, 0.5) is 0 Å². The molecule has 2 nitrogen and oxygen atoms in total. The Labute approximate surface area is 120 Å². The smallest absolute Gasteiger partial charge is 0.178 e. The van der Waals surface area contributed by atoms with Gasteiger partial charge in [-0.25, -0.2) is 0 Å². The van der Waals surface area contributed by atoms with Crippen molar-refractivity contribution in [1.82, 2.24) is 0 Å². The quantitative estimate of drug-likeness (QED) is 0.875. The molecule has 1 aromatic rings. The molecule has 0 fully saturated rings. The van der Waals surface area contributed by atoms with Gasteiger partial charge in [0.2, 0.25) is 0 Å². The number of carbonyl (C=O) groups excluding carboxylic acids is 1. The van der Waals surface area contributed by atoms with Crippen molar-refractivity contribution in [3.8, 4) is 5.75 Å². The molecule has 2 rings (SSSR count). The van der Waals surface area contributed by atoms with Gasteiger partial charge in [0.1, 0.15) is 5.75 Å². The van der Waals surface area contributed by atoms with Gasteiger partial charge in [0, 0.05) is 11.0 Å². The Morgan fingerprint density at radius 2 is 1.80 bits per heavy atom. The summed E-state index contributed by atoms with van der Waals surface area (Å²) in [7, 11) is 0. The van der Waals surface area contributed by atoms with E-state index in [1.54, 1.807) is 18.2 Å². The van der Waals surface area contributed by atoms with Crippen molar-refractivity contribution < 1.29 is 9.90 Å². The van der Waals surface area contributed by atoms with Gasteiger partial charge < -0.3 is 5.11 Å². The third-order valence-corrected chi connectivity index (χ3v) is 3.85. The van der Waals surface area contributed by atoms with Crippen molar-refractivity contribution in [2.45, 2.75) is 44.9 Å². The number of phenols is 1. The zero-order valence-electron chi connectivity index (χ0n) is 12.2. The summed E-state index contributed by atoms with van der Waals surface area (Å²) < 4.78 is 0. The molecule has 106 valence electrons. The lowest BCUT2D eigenvalue weighted by atomic mass is 9.73. The molecule has 2 heteroatoms. The number of aromatic hydroxyl groups is 1. The first-order valence-corrected chi connectivity index (χ1v) is 7.36. The average molecular weight is 270 g/mol. The molecule has 0 radical (unpaired) electrons. The van der Waals surface area contributed by atoms with Crippen LogP contribution in [0.2, 0.25) is 0 Å². The number of hydrogen-bond donors (Lipinski definition) is 1. The number of aryl methyl sites for hydroxylation is 1. The second-order valence-electron chi connectivity index (χ2n) is 5.46. The van der Waals surface area contributed by atoms with Crippen LogP contribution in [0.15, 0.2) is 42.5 Å². The zero-order valence-corrected chi connectivity index (χ0v) is 12.2. The highest BCUT2D eigenvalue weighted by Gasteiger charge is 2.30. The molecule has 0 atom stereocenters. The maximum absolute atomic E-state index is 11.4. The van der Waals surface area contributed by atoms with E-state index in [0.29, 0.717) is 5.75 Å². The van der Waals surface area contributed by atoms with Crippen molar-refractivity contribution in [1.29, 1.82) is 0 Å². The van der Waals surface area contributed by atoms with Gasteiger partial charge in [-0.3, -0.25) is 4.79 Å². The fourth-order valence-electron chi connectivity index (χ4n) is 2.87. The molecule has 1 N–H and O–H groups in total. The topological polar surface area (TPSA) is 37.3 Å². The Bertz CT molecular complexity index is 537. The Kier molecular flexibility index (Phi) is 4.43. The number of allylic oxidation sites excluding steroid dienone is 4. The van der Waals surface area contributed by atoms with Crippen LogP contribution in [0.3, 0.4) is 0 Å². The molecule has 0 spiro atoms. The van der Waals surface area contributed by atoms with Crippen molar-refractivity contribution >= 4 is 5.78 Å². The molecule has 0 aromatic heterocycles. The lowest BCUT2D eigenvalue weighted by Crippen LogP contribution is -2.24. The van der Waals surface area contributed by atoms with Crippen LogP contribution in [0, 0.1) is 0 Å². The summed E-state index contributed by atoms with van der Waals surface area (Å²) in [4.78, 5) is 11.4. The molecular weight excluding hydrogens is 248 g/mol. The highest BCUT2D eigenvalue weighted by atomic mass is 16.3. The first kappa shape index (κ1) is 14.6. The lowest BCUT2D eigenvalue weighted by molar-refractivity contribution is -0.110. The summed E-state index contributed by atoms with van der Waals surface area (Å²) in [6.45, 7) is 4.26. The monoisotopic (exact) mass is 270 g/mol. The Morgan fingerprint density at radius 3 is 2.40 bits per heavy atom. The fourth-order valence-corrected chi connectivity index (χ4v) is 2.87. The number of benzene rings is 1. The summed E-state index contributed by atoms with van der Waals surface area (Å²) >= 11 is 0. The summed E-state index contributed by atoms with van der Waals surface area (Å²) in [5.74, 6) is 0.322. The summed E-state index contributed by atoms with van der Waals surface area (Å²) in [6.07, 6.45) is 11.0. The Hall–Kier alpha value is -1.83. The third kappa shape index (κ3) is 2.84. The zero-order chi connectivity index (χ0) is 14.6. The van der Waals surface area contributed by atoms with E-state index in [1.165, 1.54) is 5.56 Å². The van der Waals surface area contributed by atoms with Crippen molar-refractivity contribution in [2.75, 3.05) is 0 Å². The normalized spacial score (nSPS) is 16.6. The Balaban J connectivity index is 2.49. The Morgan fingerprint density at radius 1 is 1.10 bits per heavy atom. The van der Waals surface area contributed by atoms with Gasteiger partial charge in [0.25, 0.3) is 0 Å². The van der Waals surface area contributed by atoms with E-state index in [1.807, 2.05) is 18.2 Å². The van der Waals surface area contributed by atoms with E-state index >= 15 is 0 Å². The molecule has 20 heavy (non-hydrogen) atoms. The molecule has 0 aliphatic heterocycles.